The quantitative estimate of drug-likeness (QED) is 0.691. The molecule has 0 bridgehead atoms. The number of halogens is 2. The van der Waals surface area contributed by atoms with Crippen molar-refractivity contribution in [1.82, 2.24) is 14.7 Å². The molecule has 6 heteroatoms. The van der Waals surface area contributed by atoms with Gasteiger partial charge in [0.25, 0.3) is 0 Å². The van der Waals surface area contributed by atoms with Crippen LogP contribution in [0.2, 0.25) is 0 Å². The first kappa shape index (κ1) is 23.7. The molecule has 0 N–H and O–H groups in total. The van der Waals surface area contributed by atoms with Crippen LogP contribution in [0.1, 0.15) is 36.0 Å². The second-order valence-corrected chi connectivity index (χ2v) is 8.61. The van der Waals surface area contributed by atoms with Crippen molar-refractivity contribution in [2.24, 2.45) is 0 Å². The van der Waals surface area contributed by atoms with Crippen LogP contribution in [-0.2, 0) is 13.1 Å². The molecule has 2 aromatic rings. The molecule has 2 fully saturated rings. The second kappa shape index (κ2) is 11.6. The van der Waals surface area contributed by atoms with Gasteiger partial charge in [0.1, 0.15) is 5.82 Å². The molecule has 2 aliphatic rings. The molecule has 0 unspecified atom stereocenters. The Morgan fingerprint density at radius 3 is 2.29 bits per heavy atom. The predicted molar refractivity (Wildman–Crippen MR) is 125 cm³/mol. The summed E-state index contributed by atoms with van der Waals surface area (Å²) in [4.78, 5) is 7.72. The summed E-state index contributed by atoms with van der Waals surface area (Å²) in [5.74, 6) is -0.162. The van der Waals surface area contributed by atoms with Gasteiger partial charge in [0.2, 0.25) is 0 Å². The number of nitrogens with zero attached hydrogens (tertiary/aromatic N) is 4. The van der Waals surface area contributed by atoms with Crippen LogP contribution in [0.4, 0.5) is 4.39 Å². The average Bonchev–Trinajstić information content (AvgIpc) is 3.02. The Bertz CT molecular complexity index is 859. The molecule has 0 radical (unpaired) electrons. The topological polar surface area (TPSA) is 33.5 Å². The summed E-state index contributed by atoms with van der Waals surface area (Å²) in [7, 11) is 0. The van der Waals surface area contributed by atoms with E-state index in [1.807, 2.05) is 30.3 Å². The van der Waals surface area contributed by atoms with Crippen molar-refractivity contribution < 1.29 is 4.39 Å². The summed E-state index contributed by atoms with van der Waals surface area (Å²) in [5.41, 5.74) is 3.18. The van der Waals surface area contributed by atoms with Crippen molar-refractivity contribution in [2.75, 3.05) is 39.3 Å². The van der Waals surface area contributed by atoms with Gasteiger partial charge in [-0.15, -0.1) is 12.4 Å². The van der Waals surface area contributed by atoms with E-state index in [4.69, 9.17) is 5.26 Å². The van der Waals surface area contributed by atoms with Crippen molar-refractivity contribution in [3.63, 3.8) is 0 Å². The summed E-state index contributed by atoms with van der Waals surface area (Å²) in [6.45, 7) is 8.59. The first-order valence-corrected chi connectivity index (χ1v) is 11.1. The van der Waals surface area contributed by atoms with E-state index in [0.29, 0.717) is 6.04 Å². The molecule has 0 atom stereocenters. The molecule has 0 aromatic heterocycles. The third-order valence-corrected chi connectivity index (χ3v) is 6.48. The lowest BCUT2D eigenvalue weighted by Crippen LogP contribution is -2.45. The Morgan fingerprint density at radius 2 is 1.55 bits per heavy atom. The Balaban J connectivity index is 0.00000272. The SMILES string of the molecule is Cl.N#Cc1cccc(CN2CCC(N3CCCN(Cc4ccc(F)cc4)CC3)CC2)c1. The van der Waals surface area contributed by atoms with Gasteiger partial charge in [0.05, 0.1) is 11.6 Å². The maximum atomic E-state index is 13.1. The Hall–Kier alpha value is -1.97. The molecular formula is C25H32ClFN4. The minimum Gasteiger partial charge on any atom is -0.299 e. The molecular weight excluding hydrogens is 411 g/mol. The number of hydrogen-bond acceptors (Lipinski definition) is 4. The average molecular weight is 443 g/mol. The highest BCUT2D eigenvalue weighted by Gasteiger charge is 2.26. The van der Waals surface area contributed by atoms with Gasteiger partial charge >= 0.3 is 0 Å². The van der Waals surface area contributed by atoms with Crippen molar-refractivity contribution in [1.29, 1.82) is 5.26 Å². The highest BCUT2D eigenvalue weighted by Crippen LogP contribution is 2.21. The van der Waals surface area contributed by atoms with Gasteiger partial charge in [-0.3, -0.25) is 14.7 Å². The van der Waals surface area contributed by atoms with Gasteiger partial charge in [-0.25, -0.2) is 4.39 Å². The number of hydrogen-bond donors (Lipinski definition) is 0. The molecule has 31 heavy (non-hydrogen) atoms. The zero-order valence-electron chi connectivity index (χ0n) is 18.0. The van der Waals surface area contributed by atoms with Gasteiger partial charge in [0.15, 0.2) is 0 Å². The maximum absolute atomic E-state index is 13.1. The highest BCUT2D eigenvalue weighted by molar-refractivity contribution is 5.85. The lowest BCUT2D eigenvalue weighted by atomic mass is 10.0. The first-order chi connectivity index (χ1) is 14.7. The number of rotatable bonds is 5. The third kappa shape index (κ3) is 6.75. The predicted octanol–water partition coefficient (Wildman–Crippen LogP) is 4.29. The van der Waals surface area contributed by atoms with E-state index in [1.54, 1.807) is 12.1 Å². The van der Waals surface area contributed by atoms with Crippen LogP contribution >= 0.6 is 12.4 Å². The van der Waals surface area contributed by atoms with E-state index >= 15 is 0 Å². The molecule has 2 aromatic carbocycles. The summed E-state index contributed by atoms with van der Waals surface area (Å²) in [6.07, 6.45) is 3.63. The van der Waals surface area contributed by atoms with Gasteiger partial charge in [-0.1, -0.05) is 24.3 Å². The van der Waals surface area contributed by atoms with Crippen LogP contribution in [0.5, 0.6) is 0 Å². The van der Waals surface area contributed by atoms with Crippen LogP contribution in [0.15, 0.2) is 48.5 Å². The Kier molecular flexibility index (Phi) is 8.86. The molecule has 166 valence electrons. The number of benzene rings is 2. The van der Waals surface area contributed by atoms with Crippen LogP contribution in [0, 0.1) is 17.1 Å². The summed E-state index contributed by atoms with van der Waals surface area (Å²) in [5, 5.41) is 9.09. The molecule has 2 aliphatic heterocycles. The van der Waals surface area contributed by atoms with E-state index in [9.17, 15) is 4.39 Å². The van der Waals surface area contributed by atoms with Crippen molar-refractivity contribution >= 4 is 12.4 Å². The van der Waals surface area contributed by atoms with Crippen LogP contribution in [0.3, 0.4) is 0 Å². The molecule has 2 heterocycles. The lowest BCUT2D eigenvalue weighted by Gasteiger charge is -2.38. The van der Waals surface area contributed by atoms with Crippen molar-refractivity contribution in [3.05, 3.63) is 71.0 Å². The highest BCUT2D eigenvalue weighted by atomic mass is 35.5. The molecule has 0 amide bonds. The molecule has 4 nitrogen and oxygen atoms in total. The fraction of sp³-hybridized carbons (Fsp3) is 0.480. The molecule has 4 rings (SSSR count). The van der Waals surface area contributed by atoms with E-state index in [1.165, 1.54) is 36.9 Å². The summed E-state index contributed by atoms with van der Waals surface area (Å²) < 4.78 is 13.1. The van der Waals surface area contributed by atoms with Gasteiger partial charge in [0, 0.05) is 32.2 Å². The van der Waals surface area contributed by atoms with Crippen molar-refractivity contribution in [2.45, 2.75) is 38.4 Å². The largest absolute Gasteiger partial charge is 0.299 e. The van der Waals surface area contributed by atoms with Crippen LogP contribution in [-0.4, -0.2) is 60.0 Å². The standard InChI is InChI=1S/C25H31FN4.ClH/c26-24-7-5-21(6-8-24)19-28-11-2-12-30(16-15-28)25-9-13-29(14-10-25)20-23-4-1-3-22(17-23)18-27;/h1,3-8,17,25H,2,9-16,19-20H2;1H. The van der Waals surface area contributed by atoms with E-state index < -0.39 is 0 Å². The van der Waals surface area contributed by atoms with E-state index in [0.717, 1.165) is 51.4 Å². The number of piperidine rings is 1. The number of nitriles is 1. The minimum atomic E-state index is -0.162. The molecule has 0 saturated carbocycles. The maximum Gasteiger partial charge on any atom is 0.123 e. The molecule has 0 spiro atoms. The summed E-state index contributed by atoms with van der Waals surface area (Å²) in [6, 6.07) is 17.8. The van der Waals surface area contributed by atoms with Gasteiger partial charge in [-0.2, -0.15) is 5.26 Å². The fourth-order valence-electron chi connectivity index (χ4n) is 4.80. The van der Waals surface area contributed by atoms with Crippen molar-refractivity contribution in [3.8, 4) is 6.07 Å². The summed E-state index contributed by atoms with van der Waals surface area (Å²) >= 11 is 0. The molecule has 0 aliphatic carbocycles. The normalized spacial score (nSPS) is 19.4. The van der Waals surface area contributed by atoms with Gasteiger partial charge in [-0.05, 0) is 80.8 Å². The van der Waals surface area contributed by atoms with Crippen LogP contribution < -0.4 is 0 Å². The zero-order chi connectivity index (χ0) is 20.8. The number of likely N-dealkylation sites (tertiary alicyclic amines) is 1. The van der Waals surface area contributed by atoms with Gasteiger partial charge < -0.3 is 0 Å². The Morgan fingerprint density at radius 1 is 0.839 bits per heavy atom. The molecule has 2 saturated heterocycles. The first-order valence-electron chi connectivity index (χ1n) is 11.1. The smallest absolute Gasteiger partial charge is 0.123 e. The third-order valence-electron chi connectivity index (χ3n) is 6.48. The second-order valence-electron chi connectivity index (χ2n) is 8.61. The minimum absolute atomic E-state index is 0. The van der Waals surface area contributed by atoms with Crippen LogP contribution in [0.25, 0.3) is 0 Å². The zero-order valence-corrected chi connectivity index (χ0v) is 18.9. The Labute approximate surface area is 191 Å². The monoisotopic (exact) mass is 442 g/mol. The van der Waals surface area contributed by atoms with E-state index in [-0.39, 0.29) is 18.2 Å². The lowest BCUT2D eigenvalue weighted by molar-refractivity contribution is 0.106. The fourth-order valence-corrected chi connectivity index (χ4v) is 4.80. The van der Waals surface area contributed by atoms with E-state index in [2.05, 4.69) is 26.8 Å².